The second-order valence-corrected chi connectivity index (χ2v) is 5.97. The molecule has 0 saturated carbocycles. The molecule has 0 radical (unpaired) electrons. The summed E-state index contributed by atoms with van der Waals surface area (Å²) >= 11 is 1.43. The van der Waals surface area contributed by atoms with Crippen LogP contribution < -0.4 is 16.2 Å². The molecule has 122 valence electrons. The fourth-order valence-electron chi connectivity index (χ4n) is 2.09. The van der Waals surface area contributed by atoms with Gasteiger partial charge in [0.2, 0.25) is 11.8 Å². The largest absolute Gasteiger partial charge is 0.302 e. The smallest absolute Gasteiger partial charge is 0.238 e. The van der Waals surface area contributed by atoms with Crippen molar-refractivity contribution in [3.05, 3.63) is 46.5 Å². The fraction of sp³-hybridized carbons (Fsp3) is 0.312. The molecule has 0 aliphatic heterocycles. The SMILES string of the molecule is CNNC(=O)Cc1ccc(CCc2csc(NC(C)=O)n2)cc1. The molecule has 6 nitrogen and oxygen atoms in total. The lowest BCUT2D eigenvalue weighted by Gasteiger charge is -2.05. The van der Waals surface area contributed by atoms with E-state index in [1.807, 2.05) is 29.6 Å². The second-order valence-electron chi connectivity index (χ2n) is 5.12. The Hall–Kier alpha value is -2.25. The quantitative estimate of drug-likeness (QED) is 0.674. The van der Waals surface area contributed by atoms with Gasteiger partial charge >= 0.3 is 0 Å². The molecule has 0 saturated heterocycles. The first-order valence-electron chi connectivity index (χ1n) is 7.32. The molecule has 0 spiro atoms. The third-order valence-electron chi connectivity index (χ3n) is 3.16. The van der Waals surface area contributed by atoms with Crippen LogP contribution >= 0.6 is 11.3 Å². The number of nitrogens with zero attached hydrogens (tertiary/aromatic N) is 1. The Morgan fingerprint density at radius 2 is 1.83 bits per heavy atom. The molecule has 7 heteroatoms. The number of rotatable bonds is 7. The Bertz CT molecular complexity index is 667. The van der Waals surface area contributed by atoms with Gasteiger partial charge < -0.3 is 5.32 Å². The van der Waals surface area contributed by atoms with Crippen LogP contribution in [0, 0.1) is 0 Å². The molecule has 2 aromatic rings. The van der Waals surface area contributed by atoms with E-state index in [2.05, 4.69) is 21.2 Å². The fourth-order valence-corrected chi connectivity index (χ4v) is 2.89. The minimum atomic E-state index is -0.108. The molecule has 2 amide bonds. The number of carbonyl (C=O) groups excluding carboxylic acids is 2. The predicted molar refractivity (Wildman–Crippen MR) is 91.2 cm³/mol. The third-order valence-corrected chi connectivity index (χ3v) is 3.96. The van der Waals surface area contributed by atoms with Gasteiger partial charge in [-0.25, -0.2) is 10.4 Å². The van der Waals surface area contributed by atoms with Crippen molar-refractivity contribution < 1.29 is 9.59 Å². The number of hydrazine groups is 1. The standard InChI is InChI=1S/C16H20N4O2S/c1-11(21)18-16-19-14(10-23-16)8-7-12-3-5-13(6-4-12)9-15(22)20-17-2/h3-6,10,17H,7-9H2,1-2H3,(H,20,22)(H,18,19,21). The van der Waals surface area contributed by atoms with E-state index >= 15 is 0 Å². The highest BCUT2D eigenvalue weighted by molar-refractivity contribution is 7.13. The highest BCUT2D eigenvalue weighted by atomic mass is 32.1. The first-order chi connectivity index (χ1) is 11.1. The van der Waals surface area contributed by atoms with E-state index in [4.69, 9.17) is 0 Å². The first-order valence-corrected chi connectivity index (χ1v) is 8.20. The average Bonchev–Trinajstić information content (AvgIpc) is 2.93. The molecular formula is C16H20N4O2S. The Balaban J connectivity index is 1.85. The Labute approximate surface area is 139 Å². The molecule has 0 aliphatic carbocycles. The Morgan fingerprint density at radius 1 is 1.13 bits per heavy atom. The van der Waals surface area contributed by atoms with Gasteiger partial charge in [-0.3, -0.25) is 15.0 Å². The summed E-state index contributed by atoms with van der Waals surface area (Å²) in [4.78, 5) is 26.8. The molecule has 3 N–H and O–H groups in total. The number of thiazole rings is 1. The van der Waals surface area contributed by atoms with Crippen LogP contribution in [0.1, 0.15) is 23.7 Å². The third kappa shape index (κ3) is 5.80. The van der Waals surface area contributed by atoms with Gasteiger partial charge in [0.1, 0.15) is 0 Å². The lowest BCUT2D eigenvalue weighted by Crippen LogP contribution is -2.35. The van der Waals surface area contributed by atoms with E-state index < -0.39 is 0 Å². The van der Waals surface area contributed by atoms with E-state index in [1.54, 1.807) is 7.05 Å². The summed E-state index contributed by atoms with van der Waals surface area (Å²) in [6.45, 7) is 1.47. The normalized spacial score (nSPS) is 10.3. The van der Waals surface area contributed by atoms with Gasteiger partial charge in [-0.15, -0.1) is 11.3 Å². The van der Waals surface area contributed by atoms with Crippen LogP contribution in [0.4, 0.5) is 5.13 Å². The van der Waals surface area contributed by atoms with Crippen LogP contribution in [0.3, 0.4) is 0 Å². The van der Waals surface area contributed by atoms with Gasteiger partial charge in [0.15, 0.2) is 5.13 Å². The van der Waals surface area contributed by atoms with E-state index in [-0.39, 0.29) is 11.8 Å². The number of hydrogen-bond donors (Lipinski definition) is 3. The summed E-state index contributed by atoms with van der Waals surface area (Å²) < 4.78 is 0. The van der Waals surface area contributed by atoms with Crippen molar-refractivity contribution in [1.82, 2.24) is 15.8 Å². The zero-order valence-corrected chi connectivity index (χ0v) is 14.0. The van der Waals surface area contributed by atoms with Crippen molar-refractivity contribution in [3.63, 3.8) is 0 Å². The molecule has 1 heterocycles. The molecule has 0 atom stereocenters. The topological polar surface area (TPSA) is 83.1 Å². The summed E-state index contributed by atoms with van der Waals surface area (Å²) in [5.74, 6) is -0.169. The Morgan fingerprint density at radius 3 is 2.48 bits per heavy atom. The molecule has 2 rings (SSSR count). The highest BCUT2D eigenvalue weighted by Gasteiger charge is 2.05. The van der Waals surface area contributed by atoms with Crippen LogP contribution in [-0.4, -0.2) is 23.8 Å². The monoisotopic (exact) mass is 332 g/mol. The van der Waals surface area contributed by atoms with Crippen molar-refractivity contribution in [2.45, 2.75) is 26.2 Å². The van der Waals surface area contributed by atoms with Gasteiger partial charge in [0, 0.05) is 19.4 Å². The second kappa shape index (κ2) is 8.40. The van der Waals surface area contributed by atoms with E-state index in [0.717, 1.165) is 24.1 Å². The summed E-state index contributed by atoms with van der Waals surface area (Å²) in [5, 5.41) is 5.28. The number of aromatic nitrogens is 1. The first kappa shape index (κ1) is 17.1. The van der Waals surface area contributed by atoms with Gasteiger partial charge in [-0.2, -0.15) is 0 Å². The van der Waals surface area contributed by atoms with Gasteiger partial charge in [0.25, 0.3) is 0 Å². The predicted octanol–water partition coefficient (Wildman–Crippen LogP) is 1.68. The molecule has 0 bridgehead atoms. The zero-order valence-electron chi connectivity index (χ0n) is 13.2. The van der Waals surface area contributed by atoms with Crippen LogP contribution in [0.25, 0.3) is 0 Å². The van der Waals surface area contributed by atoms with E-state index in [9.17, 15) is 9.59 Å². The molecule has 23 heavy (non-hydrogen) atoms. The average molecular weight is 332 g/mol. The number of nitrogens with one attached hydrogen (secondary N) is 3. The van der Waals surface area contributed by atoms with Crippen molar-refractivity contribution in [2.75, 3.05) is 12.4 Å². The zero-order chi connectivity index (χ0) is 16.7. The number of benzene rings is 1. The van der Waals surface area contributed by atoms with Crippen molar-refractivity contribution in [3.8, 4) is 0 Å². The molecule has 0 fully saturated rings. The van der Waals surface area contributed by atoms with E-state index in [0.29, 0.717) is 11.6 Å². The summed E-state index contributed by atoms with van der Waals surface area (Å²) in [6.07, 6.45) is 2.04. The molecule has 1 aromatic heterocycles. The van der Waals surface area contributed by atoms with Gasteiger partial charge in [-0.1, -0.05) is 24.3 Å². The number of carbonyl (C=O) groups is 2. The number of anilines is 1. The summed E-state index contributed by atoms with van der Waals surface area (Å²) in [6, 6.07) is 7.99. The number of hydrogen-bond acceptors (Lipinski definition) is 5. The molecular weight excluding hydrogens is 312 g/mol. The molecule has 1 aromatic carbocycles. The maximum Gasteiger partial charge on any atom is 0.238 e. The maximum absolute atomic E-state index is 11.5. The lowest BCUT2D eigenvalue weighted by atomic mass is 10.0. The lowest BCUT2D eigenvalue weighted by molar-refractivity contribution is -0.121. The van der Waals surface area contributed by atoms with Crippen LogP contribution in [0.5, 0.6) is 0 Å². The Kier molecular flexibility index (Phi) is 6.25. The van der Waals surface area contributed by atoms with Crippen LogP contribution in [-0.2, 0) is 28.9 Å². The van der Waals surface area contributed by atoms with E-state index in [1.165, 1.54) is 23.8 Å². The number of aryl methyl sites for hydroxylation is 2. The van der Waals surface area contributed by atoms with Gasteiger partial charge in [-0.05, 0) is 24.0 Å². The van der Waals surface area contributed by atoms with Crippen molar-refractivity contribution in [2.24, 2.45) is 0 Å². The van der Waals surface area contributed by atoms with Gasteiger partial charge in [0.05, 0.1) is 12.1 Å². The minimum absolute atomic E-state index is 0.0618. The highest BCUT2D eigenvalue weighted by Crippen LogP contribution is 2.17. The molecule has 0 aliphatic rings. The minimum Gasteiger partial charge on any atom is -0.302 e. The molecule has 0 unspecified atom stereocenters. The van der Waals surface area contributed by atoms with Crippen LogP contribution in [0.2, 0.25) is 0 Å². The number of amides is 2. The summed E-state index contributed by atoms with van der Waals surface area (Å²) in [5.41, 5.74) is 8.30. The summed E-state index contributed by atoms with van der Waals surface area (Å²) in [7, 11) is 1.66. The van der Waals surface area contributed by atoms with Crippen molar-refractivity contribution in [1.29, 1.82) is 0 Å². The van der Waals surface area contributed by atoms with Crippen LogP contribution in [0.15, 0.2) is 29.6 Å². The van der Waals surface area contributed by atoms with Crippen molar-refractivity contribution >= 4 is 28.3 Å². The maximum atomic E-state index is 11.5.